The fourth-order valence-corrected chi connectivity index (χ4v) is 1.88. The molecule has 0 heterocycles. The standard InChI is InChI=1S/C15H13NO3/c16-10-4-9-14(15(17)18)19-13-8-3-6-11-5-1-2-7-12(11)13/h1-3,5-8,14H,4,9H2,(H,17,18). The van der Waals surface area contributed by atoms with Crippen molar-refractivity contribution in [3.05, 3.63) is 42.5 Å². The molecule has 96 valence electrons. The second-order valence-corrected chi connectivity index (χ2v) is 4.12. The third-order valence-corrected chi connectivity index (χ3v) is 2.81. The van der Waals surface area contributed by atoms with E-state index in [0.29, 0.717) is 5.75 Å². The van der Waals surface area contributed by atoms with E-state index in [9.17, 15) is 4.79 Å². The lowest BCUT2D eigenvalue weighted by atomic mass is 10.1. The molecule has 2 rings (SSSR count). The second-order valence-electron chi connectivity index (χ2n) is 4.12. The quantitative estimate of drug-likeness (QED) is 0.891. The van der Waals surface area contributed by atoms with Crippen LogP contribution >= 0.6 is 0 Å². The van der Waals surface area contributed by atoms with E-state index in [2.05, 4.69) is 0 Å². The highest BCUT2D eigenvalue weighted by Crippen LogP contribution is 2.26. The molecule has 0 fully saturated rings. The maximum absolute atomic E-state index is 11.1. The number of hydrogen-bond donors (Lipinski definition) is 1. The van der Waals surface area contributed by atoms with E-state index in [4.69, 9.17) is 15.1 Å². The van der Waals surface area contributed by atoms with Crippen molar-refractivity contribution in [2.45, 2.75) is 18.9 Å². The topological polar surface area (TPSA) is 70.3 Å². The van der Waals surface area contributed by atoms with Crippen LogP contribution in [0.15, 0.2) is 42.5 Å². The van der Waals surface area contributed by atoms with E-state index in [0.717, 1.165) is 10.8 Å². The third kappa shape index (κ3) is 3.02. The summed E-state index contributed by atoms with van der Waals surface area (Å²) in [5.41, 5.74) is 0. The molecule has 0 aliphatic heterocycles. The van der Waals surface area contributed by atoms with Crippen molar-refractivity contribution in [2.75, 3.05) is 0 Å². The average molecular weight is 255 g/mol. The molecular formula is C15H13NO3. The van der Waals surface area contributed by atoms with Crippen LogP contribution in [0.2, 0.25) is 0 Å². The Morgan fingerprint density at radius 1 is 1.26 bits per heavy atom. The van der Waals surface area contributed by atoms with Crippen molar-refractivity contribution in [3.8, 4) is 11.8 Å². The first-order valence-electron chi connectivity index (χ1n) is 5.96. The van der Waals surface area contributed by atoms with Crippen LogP contribution in [0.1, 0.15) is 12.8 Å². The predicted octanol–water partition coefficient (Wildman–Crippen LogP) is 2.98. The average Bonchev–Trinajstić information content (AvgIpc) is 2.43. The Labute approximate surface area is 110 Å². The Balaban J connectivity index is 2.29. The van der Waals surface area contributed by atoms with E-state index in [1.807, 2.05) is 42.5 Å². The number of nitriles is 1. The van der Waals surface area contributed by atoms with Crippen molar-refractivity contribution in [1.29, 1.82) is 5.26 Å². The van der Waals surface area contributed by atoms with Gasteiger partial charge in [-0.2, -0.15) is 5.26 Å². The van der Waals surface area contributed by atoms with E-state index >= 15 is 0 Å². The van der Waals surface area contributed by atoms with Gasteiger partial charge in [-0.3, -0.25) is 0 Å². The van der Waals surface area contributed by atoms with Gasteiger partial charge in [-0.15, -0.1) is 0 Å². The molecule has 2 aromatic carbocycles. The molecule has 4 nitrogen and oxygen atoms in total. The minimum atomic E-state index is -1.05. The molecule has 0 aliphatic rings. The van der Waals surface area contributed by atoms with Gasteiger partial charge in [-0.25, -0.2) is 4.79 Å². The lowest BCUT2D eigenvalue weighted by molar-refractivity contribution is -0.145. The van der Waals surface area contributed by atoms with Gasteiger partial charge in [0.1, 0.15) is 5.75 Å². The lowest BCUT2D eigenvalue weighted by Crippen LogP contribution is -2.26. The van der Waals surface area contributed by atoms with Gasteiger partial charge < -0.3 is 9.84 Å². The molecule has 4 heteroatoms. The van der Waals surface area contributed by atoms with Gasteiger partial charge in [-0.05, 0) is 11.5 Å². The third-order valence-electron chi connectivity index (χ3n) is 2.81. The number of ether oxygens (including phenoxy) is 1. The van der Waals surface area contributed by atoms with Gasteiger partial charge >= 0.3 is 5.97 Å². The first-order chi connectivity index (χ1) is 9.22. The Hall–Kier alpha value is -2.54. The maximum Gasteiger partial charge on any atom is 0.344 e. The Morgan fingerprint density at radius 3 is 2.74 bits per heavy atom. The molecule has 1 N–H and O–H groups in total. The Morgan fingerprint density at radius 2 is 2.00 bits per heavy atom. The molecule has 1 atom stereocenters. The first kappa shape index (κ1) is 12.9. The van der Waals surface area contributed by atoms with Crippen LogP contribution in [0.4, 0.5) is 0 Å². The van der Waals surface area contributed by atoms with Gasteiger partial charge in [0.25, 0.3) is 0 Å². The largest absolute Gasteiger partial charge is 0.479 e. The fourth-order valence-electron chi connectivity index (χ4n) is 1.88. The van der Waals surface area contributed by atoms with Gasteiger partial charge in [0.2, 0.25) is 0 Å². The highest BCUT2D eigenvalue weighted by molar-refractivity contribution is 5.88. The van der Waals surface area contributed by atoms with E-state index in [-0.39, 0.29) is 12.8 Å². The van der Waals surface area contributed by atoms with Crippen LogP contribution in [-0.2, 0) is 4.79 Å². The molecule has 0 saturated carbocycles. The lowest BCUT2D eigenvalue weighted by Gasteiger charge is -2.15. The first-order valence-corrected chi connectivity index (χ1v) is 5.96. The predicted molar refractivity (Wildman–Crippen MR) is 70.8 cm³/mol. The number of aliphatic carboxylic acids is 1. The summed E-state index contributed by atoms with van der Waals surface area (Å²) in [6.45, 7) is 0. The minimum Gasteiger partial charge on any atom is -0.479 e. The van der Waals surface area contributed by atoms with E-state index < -0.39 is 12.1 Å². The number of carboxylic acid groups (broad SMARTS) is 1. The highest BCUT2D eigenvalue weighted by Gasteiger charge is 2.19. The number of rotatable bonds is 5. The molecule has 0 spiro atoms. The molecule has 0 amide bonds. The molecule has 0 bridgehead atoms. The van der Waals surface area contributed by atoms with Gasteiger partial charge in [0.15, 0.2) is 6.10 Å². The fraction of sp³-hybridized carbons (Fsp3) is 0.200. The van der Waals surface area contributed by atoms with E-state index in [1.54, 1.807) is 6.07 Å². The van der Waals surface area contributed by atoms with Crippen LogP contribution in [0, 0.1) is 11.3 Å². The molecular weight excluding hydrogens is 242 g/mol. The SMILES string of the molecule is N#CCCC(Oc1cccc2ccccc12)C(=O)O. The zero-order chi connectivity index (χ0) is 13.7. The van der Waals surface area contributed by atoms with Crippen LogP contribution in [0.5, 0.6) is 5.75 Å². The molecule has 1 unspecified atom stereocenters. The summed E-state index contributed by atoms with van der Waals surface area (Å²) in [4.78, 5) is 11.1. The summed E-state index contributed by atoms with van der Waals surface area (Å²) in [5.74, 6) is -0.522. The number of hydrogen-bond acceptors (Lipinski definition) is 3. The van der Waals surface area contributed by atoms with Crippen LogP contribution in [0.3, 0.4) is 0 Å². The van der Waals surface area contributed by atoms with Crippen molar-refractivity contribution in [1.82, 2.24) is 0 Å². The van der Waals surface area contributed by atoms with Crippen LogP contribution in [0.25, 0.3) is 10.8 Å². The van der Waals surface area contributed by atoms with Crippen molar-refractivity contribution in [3.63, 3.8) is 0 Å². The van der Waals surface area contributed by atoms with Crippen molar-refractivity contribution in [2.24, 2.45) is 0 Å². The summed E-state index contributed by atoms with van der Waals surface area (Å²) < 4.78 is 5.54. The molecule has 2 aromatic rings. The number of carboxylic acids is 1. The highest BCUT2D eigenvalue weighted by atomic mass is 16.5. The number of nitrogens with zero attached hydrogens (tertiary/aromatic N) is 1. The Bertz CT molecular complexity index is 625. The van der Waals surface area contributed by atoms with Crippen molar-refractivity contribution >= 4 is 16.7 Å². The number of carbonyl (C=O) groups is 1. The summed E-state index contributed by atoms with van der Waals surface area (Å²) >= 11 is 0. The molecule has 19 heavy (non-hydrogen) atoms. The summed E-state index contributed by atoms with van der Waals surface area (Å²) in [7, 11) is 0. The summed E-state index contributed by atoms with van der Waals surface area (Å²) in [6.07, 6.45) is -0.665. The molecule has 0 aliphatic carbocycles. The van der Waals surface area contributed by atoms with Gasteiger partial charge in [0, 0.05) is 18.2 Å². The van der Waals surface area contributed by atoms with Gasteiger partial charge in [0.05, 0.1) is 6.07 Å². The van der Waals surface area contributed by atoms with Crippen LogP contribution in [-0.4, -0.2) is 17.2 Å². The normalized spacial score (nSPS) is 11.7. The smallest absolute Gasteiger partial charge is 0.344 e. The molecule has 0 aromatic heterocycles. The maximum atomic E-state index is 11.1. The summed E-state index contributed by atoms with van der Waals surface area (Å²) in [5, 5.41) is 19.5. The zero-order valence-electron chi connectivity index (χ0n) is 10.2. The minimum absolute atomic E-state index is 0.154. The van der Waals surface area contributed by atoms with Gasteiger partial charge in [-0.1, -0.05) is 36.4 Å². The Kier molecular flexibility index (Phi) is 3.99. The second kappa shape index (κ2) is 5.87. The zero-order valence-corrected chi connectivity index (χ0v) is 10.2. The van der Waals surface area contributed by atoms with Crippen molar-refractivity contribution < 1.29 is 14.6 Å². The number of fused-ring (bicyclic) bond motifs is 1. The monoisotopic (exact) mass is 255 g/mol. The van der Waals surface area contributed by atoms with Crippen LogP contribution < -0.4 is 4.74 Å². The summed E-state index contributed by atoms with van der Waals surface area (Å²) in [6, 6.07) is 15.0. The molecule has 0 saturated heterocycles. The molecule has 0 radical (unpaired) electrons. The number of benzene rings is 2. The van der Waals surface area contributed by atoms with E-state index in [1.165, 1.54) is 0 Å².